The Kier molecular flexibility index (Phi) is 7.43. The average Bonchev–Trinajstić information content (AvgIpc) is 2.61. The van der Waals surface area contributed by atoms with Gasteiger partial charge in [0.25, 0.3) is 0 Å². The van der Waals surface area contributed by atoms with E-state index in [9.17, 15) is 9.59 Å². The first kappa shape index (κ1) is 19.1. The number of likely N-dealkylation sites (tertiary alicyclic amines) is 1. The molecule has 1 aromatic carbocycles. The minimum absolute atomic E-state index is 0.0713. The highest BCUT2D eigenvalue weighted by atomic mass is 35.5. The number of halogens is 1. The number of carbonyl (C=O) groups excluding carboxylic acids is 2. The van der Waals surface area contributed by atoms with Crippen molar-refractivity contribution in [3.8, 4) is 0 Å². The monoisotopic (exact) mass is 369 g/mol. The molecule has 4 nitrogen and oxygen atoms in total. The molecule has 1 aliphatic rings. The van der Waals surface area contributed by atoms with Crippen molar-refractivity contribution in [2.24, 2.45) is 5.92 Å². The third-order valence-corrected chi connectivity index (χ3v) is 5.78. The van der Waals surface area contributed by atoms with Gasteiger partial charge in [0.05, 0.1) is 17.8 Å². The van der Waals surface area contributed by atoms with E-state index in [-0.39, 0.29) is 23.0 Å². The number of hydrogen-bond donors (Lipinski definition) is 0. The molecule has 1 atom stereocenters. The molecule has 0 N–H and O–H groups in total. The summed E-state index contributed by atoms with van der Waals surface area (Å²) < 4.78 is 5.08. The number of thioether (sulfide) groups is 1. The summed E-state index contributed by atoms with van der Waals surface area (Å²) in [6.45, 7) is 5.50. The van der Waals surface area contributed by atoms with Gasteiger partial charge in [-0.2, -0.15) is 0 Å². The molecule has 1 heterocycles. The van der Waals surface area contributed by atoms with Crippen molar-refractivity contribution in [1.82, 2.24) is 4.90 Å². The summed E-state index contributed by atoms with van der Waals surface area (Å²) in [5.74, 6) is -0.0510. The number of piperidine rings is 1. The van der Waals surface area contributed by atoms with Crippen LogP contribution in [0.25, 0.3) is 0 Å². The fraction of sp³-hybridized carbons (Fsp3) is 0.556. The molecule has 6 heteroatoms. The van der Waals surface area contributed by atoms with E-state index in [0.717, 1.165) is 11.3 Å². The van der Waals surface area contributed by atoms with Gasteiger partial charge in [0.2, 0.25) is 5.91 Å². The predicted molar refractivity (Wildman–Crippen MR) is 97.3 cm³/mol. The second-order valence-electron chi connectivity index (χ2n) is 5.82. The molecule has 0 saturated carbocycles. The number of hydrogen-bond acceptors (Lipinski definition) is 4. The van der Waals surface area contributed by atoms with Crippen molar-refractivity contribution in [2.45, 2.75) is 43.3 Å². The number of esters is 1. The van der Waals surface area contributed by atoms with Gasteiger partial charge < -0.3 is 9.64 Å². The smallest absolute Gasteiger partial charge is 0.309 e. The van der Waals surface area contributed by atoms with Crippen LogP contribution < -0.4 is 0 Å². The van der Waals surface area contributed by atoms with E-state index in [1.54, 1.807) is 11.8 Å². The average molecular weight is 370 g/mol. The van der Waals surface area contributed by atoms with Crippen LogP contribution in [0.2, 0.25) is 5.02 Å². The highest BCUT2D eigenvalue weighted by Crippen LogP contribution is 2.29. The van der Waals surface area contributed by atoms with E-state index in [0.29, 0.717) is 37.6 Å². The minimum Gasteiger partial charge on any atom is -0.466 e. The Morgan fingerprint density at radius 1 is 1.25 bits per heavy atom. The molecule has 0 aliphatic carbocycles. The first-order chi connectivity index (χ1) is 11.5. The van der Waals surface area contributed by atoms with Crippen LogP contribution in [-0.2, 0) is 14.3 Å². The summed E-state index contributed by atoms with van der Waals surface area (Å²) in [7, 11) is 0. The van der Waals surface area contributed by atoms with E-state index in [1.807, 2.05) is 43.0 Å². The van der Waals surface area contributed by atoms with E-state index in [2.05, 4.69) is 0 Å². The predicted octanol–water partition coefficient (Wildman–Crippen LogP) is 4.01. The molecular formula is C18H24ClNO3S. The number of ether oxygens (including phenoxy) is 1. The molecule has 1 fully saturated rings. The maximum Gasteiger partial charge on any atom is 0.309 e. The van der Waals surface area contributed by atoms with E-state index < -0.39 is 0 Å². The van der Waals surface area contributed by atoms with Gasteiger partial charge in [0.1, 0.15) is 0 Å². The Bertz CT molecular complexity index is 556. The zero-order valence-corrected chi connectivity index (χ0v) is 15.7. The summed E-state index contributed by atoms with van der Waals surface area (Å²) >= 11 is 7.48. The van der Waals surface area contributed by atoms with Gasteiger partial charge in [-0.25, -0.2) is 0 Å². The molecular weight excluding hydrogens is 346 g/mol. The molecule has 0 bridgehead atoms. The topological polar surface area (TPSA) is 46.6 Å². The van der Waals surface area contributed by atoms with Crippen molar-refractivity contribution in [1.29, 1.82) is 0 Å². The van der Waals surface area contributed by atoms with Gasteiger partial charge >= 0.3 is 5.97 Å². The molecule has 0 unspecified atom stereocenters. The van der Waals surface area contributed by atoms with Crippen molar-refractivity contribution in [3.05, 3.63) is 29.3 Å². The molecule has 24 heavy (non-hydrogen) atoms. The van der Waals surface area contributed by atoms with Crippen molar-refractivity contribution in [2.75, 3.05) is 19.7 Å². The van der Waals surface area contributed by atoms with E-state index in [4.69, 9.17) is 16.3 Å². The zero-order chi connectivity index (χ0) is 17.5. The van der Waals surface area contributed by atoms with Crippen LogP contribution in [0.1, 0.15) is 33.1 Å². The highest BCUT2D eigenvalue weighted by molar-refractivity contribution is 8.00. The molecule has 1 aromatic rings. The Morgan fingerprint density at radius 3 is 2.42 bits per heavy atom. The van der Waals surface area contributed by atoms with Crippen LogP contribution in [0.15, 0.2) is 29.2 Å². The second-order valence-corrected chi connectivity index (χ2v) is 7.53. The Balaban J connectivity index is 1.90. The first-order valence-electron chi connectivity index (χ1n) is 8.42. The molecule has 0 aromatic heterocycles. The summed E-state index contributed by atoms with van der Waals surface area (Å²) in [4.78, 5) is 27.5. The summed E-state index contributed by atoms with van der Waals surface area (Å²) in [5, 5.41) is 0.588. The van der Waals surface area contributed by atoms with Gasteiger partial charge in [0.15, 0.2) is 0 Å². The maximum absolute atomic E-state index is 12.8. The number of benzene rings is 1. The Labute approximate surface area is 152 Å². The lowest BCUT2D eigenvalue weighted by Crippen LogP contribution is -2.44. The van der Waals surface area contributed by atoms with Gasteiger partial charge in [-0.3, -0.25) is 9.59 Å². The first-order valence-corrected chi connectivity index (χ1v) is 9.68. The maximum atomic E-state index is 12.8. The van der Waals surface area contributed by atoms with Crippen molar-refractivity contribution >= 4 is 35.2 Å². The quantitative estimate of drug-likeness (QED) is 0.561. The van der Waals surface area contributed by atoms with Crippen molar-refractivity contribution < 1.29 is 14.3 Å². The largest absolute Gasteiger partial charge is 0.466 e. The molecule has 132 valence electrons. The van der Waals surface area contributed by atoms with Gasteiger partial charge in [-0.15, -0.1) is 11.8 Å². The summed E-state index contributed by atoms with van der Waals surface area (Å²) in [6, 6.07) is 7.56. The molecule has 1 saturated heterocycles. The number of nitrogens with zero attached hydrogens (tertiary/aromatic N) is 1. The number of amides is 1. The normalized spacial score (nSPS) is 16.7. The lowest BCUT2D eigenvalue weighted by molar-refractivity contribution is -0.151. The molecule has 2 rings (SSSR count). The SMILES string of the molecule is CCOC(=O)C1CCN(C(=O)[C@H](CC)Sc2ccc(Cl)cc2)CC1. The van der Waals surface area contributed by atoms with Crippen LogP contribution >= 0.6 is 23.4 Å². The van der Waals surface area contributed by atoms with E-state index in [1.165, 1.54) is 0 Å². The van der Waals surface area contributed by atoms with Gasteiger partial charge in [-0.05, 0) is 50.5 Å². The summed E-state index contributed by atoms with van der Waals surface area (Å²) in [6.07, 6.45) is 2.14. The van der Waals surface area contributed by atoms with Crippen molar-refractivity contribution in [3.63, 3.8) is 0 Å². The zero-order valence-electron chi connectivity index (χ0n) is 14.2. The van der Waals surface area contributed by atoms with Gasteiger partial charge in [0, 0.05) is 23.0 Å². The lowest BCUT2D eigenvalue weighted by Gasteiger charge is -2.33. The highest BCUT2D eigenvalue weighted by Gasteiger charge is 2.31. The van der Waals surface area contributed by atoms with E-state index >= 15 is 0 Å². The minimum atomic E-state index is -0.132. The van der Waals surface area contributed by atoms with Crippen LogP contribution in [0, 0.1) is 5.92 Å². The molecule has 1 amide bonds. The fourth-order valence-electron chi connectivity index (χ4n) is 2.79. The Morgan fingerprint density at radius 2 is 1.88 bits per heavy atom. The van der Waals surface area contributed by atoms with Gasteiger partial charge in [-0.1, -0.05) is 18.5 Å². The van der Waals surface area contributed by atoms with Crippen LogP contribution in [0.5, 0.6) is 0 Å². The van der Waals surface area contributed by atoms with Crippen LogP contribution in [-0.4, -0.2) is 41.7 Å². The third kappa shape index (κ3) is 5.15. The lowest BCUT2D eigenvalue weighted by atomic mass is 9.96. The number of rotatable bonds is 6. The number of carbonyl (C=O) groups is 2. The second kappa shape index (κ2) is 9.33. The molecule has 0 radical (unpaired) electrons. The fourth-order valence-corrected chi connectivity index (χ4v) is 3.95. The third-order valence-electron chi connectivity index (χ3n) is 4.16. The standard InChI is InChI=1S/C18H24ClNO3S/c1-3-16(24-15-7-5-14(19)6-8-15)17(21)20-11-9-13(10-12-20)18(22)23-4-2/h5-8,13,16H,3-4,9-12H2,1-2H3/t16-/m0/s1. The molecule has 0 spiro atoms. The molecule has 1 aliphatic heterocycles. The van der Waals surface area contributed by atoms with Crippen LogP contribution in [0.4, 0.5) is 0 Å². The Hall–Kier alpha value is -1.20. The summed E-state index contributed by atoms with van der Waals surface area (Å²) in [5.41, 5.74) is 0. The van der Waals surface area contributed by atoms with Crippen LogP contribution in [0.3, 0.4) is 0 Å².